The summed E-state index contributed by atoms with van der Waals surface area (Å²) in [6.07, 6.45) is 0.722. The van der Waals surface area contributed by atoms with Crippen molar-refractivity contribution in [3.8, 4) is 0 Å². The number of esters is 1. The highest BCUT2D eigenvalue weighted by Crippen LogP contribution is 2.18. The van der Waals surface area contributed by atoms with Gasteiger partial charge >= 0.3 is 5.97 Å². The Morgan fingerprint density at radius 2 is 1.70 bits per heavy atom. The molecule has 2 amide bonds. The van der Waals surface area contributed by atoms with Crippen LogP contribution in [0.3, 0.4) is 0 Å². The molecule has 0 saturated carbocycles. The van der Waals surface area contributed by atoms with Crippen molar-refractivity contribution in [3.63, 3.8) is 0 Å². The highest BCUT2D eigenvalue weighted by molar-refractivity contribution is 5.96. The minimum Gasteiger partial charge on any atom is -0.451 e. The number of nitrogens with one attached hydrogen (secondary N) is 2. The largest absolute Gasteiger partial charge is 0.451 e. The monoisotopic (exact) mass is 410 g/mol. The molecule has 0 aliphatic heterocycles. The summed E-state index contributed by atoms with van der Waals surface area (Å²) in [5.41, 5.74) is 3.56. The van der Waals surface area contributed by atoms with Gasteiger partial charge in [-0.05, 0) is 56.0 Å². The van der Waals surface area contributed by atoms with Crippen molar-refractivity contribution < 1.29 is 19.1 Å². The molecule has 6 nitrogen and oxygen atoms in total. The summed E-state index contributed by atoms with van der Waals surface area (Å²) in [7, 11) is 0. The number of hydrogen-bond acceptors (Lipinski definition) is 4. The number of carbonyl (C=O) groups excluding carboxylic acids is 3. The van der Waals surface area contributed by atoms with Crippen molar-refractivity contribution in [2.75, 3.05) is 6.54 Å². The van der Waals surface area contributed by atoms with E-state index >= 15 is 0 Å². The Kier molecular flexibility index (Phi) is 8.59. The van der Waals surface area contributed by atoms with Gasteiger partial charge in [0.05, 0.1) is 6.04 Å². The van der Waals surface area contributed by atoms with Crippen LogP contribution in [0.2, 0.25) is 0 Å². The van der Waals surface area contributed by atoms with E-state index in [1.807, 2.05) is 57.2 Å². The van der Waals surface area contributed by atoms with Crippen molar-refractivity contribution in [3.05, 3.63) is 70.8 Å². The molecule has 2 aromatic carbocycles. The number of amides is 2. The van der Waals surface area contributed by atoms with Crippen LogP contribution in [-0.2, 0) is 14.3 Å². The minimum absolute atomic E-state index is 0.144. The van der Waals surface area contributed by atoms with Gasteiger partial charge in [-0.1, -0.05) is 49.7 Å². The van der Waals surface area contributed by atoms with Gasteiger partial charge in [0.1, 0.15) is 6.54 Å². The molecule has 2 aromatic rings. The van der Waals surface area contributed by atoms with Crippen molar-refractivity contribution >= 4 is 17.8 Å². The number of hydrogen-bond donors (Lipinski definition) is 2. The number of ether oxygens (including phenoxy) is 1. The zero-order chi connectivity index (χ0) is 22.1. The van der Waals surface area contributed by atoms with Crippen LogP contribution >= 0.6 is 0 Å². The maximum atomic E-state index is 12.5. The first-order valence-electron chi connectivity index (χ1n) is 10.2. The molecule has 0 aliphatic rings. The highest BCUT2D eigenvalue weighted by Gasteiger charge is 2.22. The molecule has 30 heavy (non-hydrogen) atoms. The Labute approximate surface area is 178 Å². The lowest BCUT2D eigenvalue weighted by atomic mass is 10.0. The van der Waals surface area contributed by atoms with Gasteiger partial charge in [0.15, 0.2) is 6.10 Å². The third kappa shape index (κ3) is 6.72. The normalized spacial score (nSPS) is 12.5. The third-order valence-electron chi connectivity index (χ3n) is 4.94. The van der Waals surface area contributed by atoms with Crippen LogP contribution in [0.1, 0.15) is 59.8 Å². The molecule has 0 aliphatic carbocycles. The molecule has 0 heterocycles. The Morgan fingerprint density at radius 1 is 1.00 bits per heavy atom. The molecule has 160 valence electrons. The Balaban J connectivity index is 1.85. The molecular formula is C24H30N2O4. The highest BCUT2D eigenvalue weighted by atomic mass is 16.5. The Hall–Kier alpha value is -3.15. The van der Waals surface area contributed by atoms with Crippen LogP contribution in [0, 0.1) is 13.8 Å². The summed E-state index contributed by atoms with van der Waals surface area (Å²) in [4.78, 5) is 36.8. The van der Waals surface area contributed by atoms with E-state index in [1.54, 1.807) is 12.1 Å². The summed E-state index contributed by atoms with van der Waals surface area (Å²) in [5, 5.41) is 5.47. The summed E-state index contributed by atoms with van der Waals surface area (Å²) < 4.78 is 5.19. The molecule has 0 radical (unpaired) electrons. The first-order chi connectivity index (χ1) is 14.3. The SMILES string of the molecule is CCCC(NC(=O)C(C)OC(=O)CNC(=O)c1ccc(C)c(C)c1)c1ccccc1. The van der Waals surface area contributed by atoms with Crippen LogP contribution in [0.25, 0.3) is 0 Å². The number of aryl methyl sites for hydroxylation is 2. The van der Waals surface area contributed by atoms with E-state index < -0.39 is 12.1 Å². The van der Waals surface area contributed by atoms with E-state index in [2.05, 4.69) is 10.6 Å². The van der Waals surface area contributed by atoms with Gasteiger partial charge in [-0.3, -0.25) is 14.4 Å². The first kappa shape index (κ1) is 23.1. The molecule has 2 rings (SSSR count). The van der Waals surface area contributed by atoms with Crippen molar-refractivity contribution in [2.45, 2.75) is 52.7 Å². The molecule has 2 unspecified atom stereocenters. The zero-order valence-electron chi connectivity index (χ0n) is 18.0. The Bertz CT molecular complexity index is 880. The quantitative estimate of drug-likeness (QED) is 0.619. The van der Waals surface area contributed by atoms with Gasteiger partial charge in [-0.25, -0.2) is 0 Å². The molecule has 0 aromatic heterocycles. The molecule has 2 N–H and O–H groups in total. The second-order valence-corrected chi connectivity index (χ2v) is 7.37. The van der Waals surface area contributed by atoms with Gasteiger partial charge in [-0.15, -0.1) is 0 Å². The van der Waals surface area contributed by atoms with Crippen molar-refractivity contribution in [2.24, 2.45) is 0 Å². The average Bonchev–Trinajstić information content (AvgIpc) is 2.74. The van der Waals surface area contributed by atoms with Crippen LogP contribution in [-0.4, -0.2) is 30.4 Å². The van der Waals surface area contributed by atoms with Gasteiger partial charge < -0.3 is 15.4 Å². The second kappa shape index (κ2) is 11.1. The maximum Gasteiger partial charge on any atom is 0.326 e. The van der Waals surface area contributed by atoms with E-state index in [-0.39, 0.29) is 24.4 Å². The second-order valence-electron chi connectivity index (χ2n) is 7.37. The van der Waals surface area contributed by atoms with E-state index in [0.29, 0.717) is 5.56 Å². The van der Waals surface area contributed by atoms with Gasteiger partial charge in [0, 0.05) is 5.56 Å². The molecular weight excluding hydrogens is 380 g/mol. The zero-order valence-corrected chi connectivity index (χ0v) is 18.0. The molecule has 0 bridgehead atoms. The van der Waals surface area contributed by atoms with Gasteiger partial charge in [0.2, 0.25) is 0 Å². The van der Waals surface area contributed by atoms with Crippen LogP contribution in [0.4, 0.5) is 0 Å². The van der Waals surface area contributed by atoms with Crippen molar-refractivity contribution in [1.82, 2.24) is 10.6 Å². The molecule has 6 heteroatoms. The molecule has 0 fully saturated rings. The van der Waals surface area contributed by atoms with Crippen LogP contribution in [0.5, 0.6) is 0 Å². The van der Waals surface area contributed by atoms with Crippen LogP contribution in [0.15, 0.2) is 48.5 Å². The van der Waals surface area contributed by atoms with Gasteiger partial charge in [0.25, 0.3) is 11.8 Å². The lowest BCUT2D eigenvalue weighted by molar-refractivity contribution is -0.154. The smallest absolute Gasteiger partial charge is 0.326 e. The van der Waals surface area contributed by atoms with E-state index in [4.69, 9.17) is 4.74 Å². The standard InChI is InChI=1S/C24H30N2O4/c1-5-9-21(19-10-7-6-8-11-19)26-23(28)18(4)30-22(27)15-25-24(29)20-13-12-16(2)17(3)14-20/h6-8,10-14,18,21H,5,9,15H2,1-4H3,(H,25,29)(H,26,28). The summed E-state index contributed by atoms with van der Waals surface area (Å²) in [5.74, 6) is -1.40. The van der Waals surface area contributed by atoms with Crippen molar-refractivity contribution in [1.29, 1.82) is 0 Å². The Morgan fingerprint density at radius 3 is 2.33 bits per heavy atom. The van der Waals surface area contributed by atoms with Gasteiger partial charge in [-0.2, -0.15) is 0 Å². The summed E-state index contributed by atoms with van der Waals surface area (Å²) >= 11 is 0. The van der Waals surface area contributed by atoms with E-state index in [0.717, 1.165) is 29.5 Å². The van der Waals surface area contributed by atoms with Crippen LogP contribution < -0.4 is 10.6 Å². The fraction of sp³-hybridized carbons (Fsp3) is 0.375. The topological polar surface area (TPSA) is 84.5 Å². The summed E-state index contributed by atoms with van der Waals surface area (Å²) in [6.45, 7) is 7.14. The number of rotatable bonds is 9. The predicted molar refractivity (Wildman–Crippen MR) is 116 cm³/mol. The molecule has 2 atom stereocenters. The maximum absolute atomic E-state index is 12.5. The first-order valence-corrected chi connectivity index (χ1v) is 10.2. The fourth-order valence-electron chi connectivity index (χ4n) is 3.01. The number of benzene rings is 2. The molecule has 0 saturated heterocycles. The lowest BCUT2D eigenvalue weighted by Crippen LogP contribution is -2.40. The lowest BCUT2D eigenvalue weighted by Gasteiger charge is -2.21. The number of carbonyl (C=O) groups is 3. The third-order valence-corrected chi connectivity index (χ3v) is 4.94. The minimum atomic E-state index is -0.959. The summed E-state index contributed by atoms with van der Waals surface area (Å²) in [6, 6.07) is 14.9. The van der Waals surface area contributed by atoms with E-state index in [1.165, 1.54) is 6.92 Å². The molecule has 0 spiro atoms. The average molecular weight is 411 g/mol. The predicted octanol–water partition coefficient (Wildman–Crippen LogP) is 3.62. The van der Waals surface area contributed by atoms with E-state index in [9.17, 15) is 14.4 Å². The fourth-order valence-corrected chi connectivity index (χ4v) is 3.01.